The third kappa shape index (κ3) is 1.35. The Morgan fingerprint density at radius 3 is 2.62 bits per heavy atom. The van der Waals surface area contributed by atoms with E-state index in [1.54, 1.807) is 6.20 Å². The summed E-state index contributed by atoms with van der Waals surface area (Å²) >= 11 is 0. The molecule has 0 bridgehead atoms. The van der Waals surface area contributed by atoms with Gasteiger partial charge in [0, 0.05) is 11.9 Å². The van der Waals surface area contributed by atoms with Gasteiger partial charge in [-0.1, -0.05) is 18.2 Å². The molecule has 1 aromatic carbocycles. The minimum atomic E-state index is 0.911. The third-order valence-corrected chi connectivity index (χ3v) is 2.06. The summed E-state index contributed by atoms with van der Waals surface area (Å²) in [5.41, 5.74) is 3.21. The average Bonchev–Trinajstić information content (AvgIpc) is 2.52. The Morgan fingerprint density at radius 2 is 2.00 bits per heavy atom. The van der Waals surface area contributed by atoms with Crippen molar-refractivity contribution in [3.8, 4) is 5.69 Å². The Labute approximate surface area is 77.8 Å². The van der Waals surface area contributed by atoms with E-state index in [0.29, 0.717) is 0 Å². The summed E-state index contributed by atoms with van der Waals surface area (Å²) in [5, 5.41) is 4.20. The van der Waals surface area contributed by atoms with Gasteiger partial charge >= 0.3 is 0 Å². The maximum absolute atomic E-state index is 4.20. The molecule has 0 N–H and O–H groups in total. The first-order valence-corrected chi connectivity index (χ1v) is 4.21. The fraction of sp³-hybridized carbons (Fsp3) is 0.0909. The third-order valence-electron chi connectivity index (χ3n) is 2.06. The molecule has 0 saturated heterocycles. The highest BCUT2D eigenvalue weighted by molar-refractivity contribution is 5.40. The summed E-state index contributed by atoms with van der Waals surface area (Å²) in [6.07, 6.45) is 1.76. The molecule has 13 heavy (non-hydrogen) atoms. The van der Waals surface area contributed by atoms with Crippen LogP contribution in [0.1, 0.15) is 11.3 Å². The molecule has 0 aliphatic carbocycles. The summed E-state index contributed by atoms with van der Waals surface area (Å²) in [6, 6.07) is 10.0. The van der Waals surface area contributed by atoms with Crippen LogP contribution in [0.3, 0.4) is 0 Å². The van der Waals surface area contributed by atoms with E-state index >= 15 is 0 Å². The predicted molar refractivity (Wildman–Crippen MR) is 52.8 cm³/mol. The van der Waals surface area contributed by atoms with E-state index in [2.05, 4.69) is 25.0 Å². The van der Waals surface area contributed by atoms with Crippen LogP contribution in [0.25, 0.3) is 5.69 Å². The first-order chi connectivity index (χ1) is 6.29. The van der Waals surface area contributed by atoms with Crippen LogP contribution in [0.5, 0.6) is 0 Å². The SMILES string of the molecule is [CH2]c1ccnn1-c1ccccc1C. The second kappa shape index (κ2) is 3.05. The lowest BCUT2D eigenvalue weighted by atomic mass is 10.2. The van der Waals surface area contributed by atoms with Gasteiger partial charge < -0.3 is 0 Å². The second-order valence-corrected chi connectivity index (χ2v) is 3.02. The van der Waals surface area contributed by atoms with E-state index in [0.717, 1.165) is 11.4 Å². The average molecular weight is 171 g/mol. The van der Waals surface area contributed by atoms with E-state index in [9.17, 15) is 0 Å². The molecule has 0 aliphatic heterocycles. The fourth-order valence-electron chi connectivity index (χ4n) is 1.35. The molecule has 65 valence electrons. The Kier molecular flexibility index (Phi) is 1.89. The van der Waals surface area contributed by atoms with E-state index in [1.807, 2.05) is 28.9 Å². The number of aromatic nitrogens is 2. The van der Waals surface area contributed by atoms with Crippen molar-refractivity contribution in [3.63, 3.8) is 0 Å². The Bertz CT molecular complexity index is 416. The standard InChI is InChI=1S/C11H11N2/c1-9-5-3-4-6-11(9)13-10(2)7-8-12-13/h3-8H,2H2,1H3. The van der Waals surface area contributed by atoms with Gasteiger partial charge in [0.25, 0.3) is 0 Å². The molecule has 2 heteroatoms. The van der Waals surface area contributed by atoms with E-state index in [-0.39, 0.29) is 0 Å². The van der Waals surface area contributed by atoms with Gasteiger partial charge in [0.2, 0.25) is 0 Å². The van der Waals surface area contributed by atoms with Crippen LogP contribution in [0.2, 0.25) is 0 Å². The second-order valence-electron chi connectivity index (χ2n) is 3.02. The monoisotopic (exact) mass is 171 g/mol. The first-order valence-electron chi connectivity index (χ1n) is 4.21. The van der Waals surface area contributed by atoms with Crippen molar-refractivity contribution in [2.75, 3.05) is 0 Å². The number of nitrogens with zero attached hydrogens (tertiary/aromatic N) is 2. The highest BCUT2D eigenvalue weighted by Gasteiger charge is 2.01. The maximum Gasteiger partial charge on any atom is 0.0677 e. The number of hydrogen-bond donors (Lipinski definition) is 0. The molecule has 0 aliphatic rings. The molecule has 1 heterocycles. The molecule has 2 aromatic rings. The number of para-hydroxylation sites is 1. The molecule has 2 rings (SSSR count). The quantitative estimate of drug-likeness (QED) is 0.644. The van der Waals surface area contributed by atoms with Crippen molar-refractivity contribution in [2.45, 2.75) is 6.92 Å². The highest BCUT2D eigenvalue weighted by Crippen LogP contribution is 2.13. The van der Waals surface area contributed by atoms with Gasteiger partial charge in [-0.3, -0.25) is 0 Å². The van der Waals surface area contributed by atoms with Crippen molar-refractivity contribution in [3.05, 3.63) is 54.7 Å². The van der Waals surface area contributed by atoms with E-state index in [1.165, 1.54) is 5.56 Å². The van der Waals surface area contributed by atoms with Crippen LogP contribution in [0, 0.1) is 13.8 Å². The minimum Gasteiger partial charge on any atom is -0.238 e. The van der Waals surface area contributed by atoms with Gasteiger partial charge in [-0.05, 0) is 31.5 Å². The summed E-state index contributed by atoms with van der Waals surface area (Å²) < 4.78 is 1.84. The van der Waals surface area contributed by atoms with Crippen LogP contribution < -0.4 is 0 Å². The number of rotatable bonds is 1. The van der Waals surface area contributed by atoms with Crippen molar-refractivity contribution in [1.29, 1.82) is 0 Å². The number of hydrogen-bond acceptors (Lipinski definition) is 1. The van der Waals surface area contributed by atoms with Crippen molar-refractivity contribution in [1.82, 2.24) is 9.78 Å². The molecule has 0 saturated carbocycles. The van der Waals surface area contributed by atoms with Gasteiger partial charge in [0.1, 0.15) is 0 Å². The molecule has 1 aromatic heterocycles. The van der Waals surface area contributed by atoms with Crippen LogP contribution in [-0.2, 0) is 0 Å². The van der Waals surface area contributed by atoms with Crippen LogP contribution >= 0.6 is 0 Å². The first kappa shape index (κ1) is 8.05. The van der Waals surface area contributed by atoms with E-state index in [4.69, 9.17) is 0 Å². The van der Waals surface area contributed by atoms with Gasteiger partial charge in [0.05, 0.1) is 5.69 Å². The summed E-state index contributed by atoms with van der Waals surface area (Å²) in [5.74, 6) is 0. The lowest BCUT2D eigenvalue weighted by molar-refractivity contribution is 0.856. The Morgan fingerprint density at radius 1 is 1.23 bits per heavy atom. The molecule has 0 fully saturated rings. The molecule has 0 unspecified atom stereocenters. The topological polar surface area (TPSA) is 17.8 Å². The van der Waals surface area contributed by atoms with Crippen LogP contribution in [-0.4, -0.2) is 9.78 Å². The molecule has 0 amide bonds. The molecule has 2 nitrogen and oxygen atoms in total. The zero-order chi connectivity index (χ0) is 9.26. The zero-order valence-corrected chi connectivity index (χ0v) is 7.57. The van der Waals surface area contributed by atoms with Crippen molar-refractivity contribution < 1.29 is 0 Å². The predicted octanol–water partition coefficient (Wildman–Crippen LogP) is 2.36. The smallest absolute Gasteiger partial charge is 0.0677 e. The van der Waals surface area contributed by atoms with E-state index < -0.39 is 0 Å². The number of aryl methyl sites for hydroxylation is 1. The van der Waals surface area contributed by atoms with Crippen molar-refractivity contribution >= 4 is 0 Å². The molecular formula is C11H11N2. The molecular weight excluding hydrogens is 160 g/mol. The summed E-state index contributed by atoms with van der Waals surface area (Å²) in [6.45, 7) is 5.96. The largest absolute Gasteiger partial charge is 0.238 e. The number of benzene rings is 1. The summed E-state index contributed by atoms with van der Waals surface area (Å²) in [7, 11) is 0. The van der Waals surface area contributed by atoms with Gasteiger partial charge in [-0.15, -0.1) is 0 Å². The van der Waals surface area contributed by atoms with Gasteiger partial charge in [-0.2, -0.15) is 5.10 Å². The highest BCUT2D eigenvalue weighted by atomic mass is 15.3. The normalized spacial score (nSPS) is 10.3. The lowest BCUT2D eigenvalue weighted by Crippen LogP contribution is -2.00. The Hall–Kier alpha value is -1.57. The van der Waals surface area contributed by atoms with Gasteiger partial charge in [0.15, 0.2) is 0 Å². The molecule has 0 atom stereocenters. The van der Waals surface area contributed by atoms with Gasteiger partial charge in [-0.25, -0.2) is 4.68 Å². The maximum atomic E-state index is 4.20. The van der Waals surface area contributed by atoms with Crippen LogP contribution in [0.4, 0.5) is 0 Å². The minimum absolute atomic E-state index is 0.911. The summed E-state index contributed by atoms with van der Waals surface area (Å²) in [4.78, 5) is 0. The molecule has 0 spiro atoms. The molecule has 1 radical (unpaired) electrons. The lowest BCUT2D eigenvalue weighted by Gasteiger charge is -2.06. The zero-order valence-electron chi connectivity index (χ0n) is 7.57. The van der Waals surface area contributed by atoms with Crippen LogP contribution in [0.15, 0.2) is 36.5 Å². The fourth-order valence-corrected chi connectivity index (χ4v) is 1.35. The Balaban J connectivity index is 2.59. The van der Waals surface area contributed by atoms with Crippen molar-refractivity contribution in [2.24, 2.45) is 0 Å².